The third kappa shape index (κ3) is 2.10. The molecule has 1 aliphatic rings. The second kappa shape index (κ2) is 4.35. The first-order valence-corrected chi connectivity index (χ1v) is 6.86. The first-order valence-electron chi connectivity index (χ1n) is 6.48. The maximum atomic E-state index is 12.2. The second-order valence-electron chi connectivity index (χ2n) is 5.87. The fraction of sp³-hybridized carbons (Fsp3) is 0.333. The van der Waals surface area contributed by atoms with Crippen LogP contribution in [0.4, 0.5) is 0 Å². The lowest BCUT2D eigenvalue weighted by atomic mass is 10.1. The molecule has 5 heteroatoms. The molecular weight excluding hydrogens is 276 g/mol. The summed E-state index contributed by atoms with van der Waals surface area (Å²) in [6.45, 7) is 4.22. The van der Waals surface area contributed by atoms with E-state index in [-0.39, 0.29) is 28.3 Å². The number of benzene rings is 1. The molecule has 2 aromatic rings. The Hall–Kier alpha value is -1.81. The molecule has 104 valence electrons. The van der Waals surface area contributed by atoms with Gasteiger partial charge in [-0.15, -0.1) is 0 Å². The van der Waals surface area contributed by atoms with Gasteiger partial charge in [0.25, 0.3) is 5.56 Å². The van der Waals surface area contributed by atoms with Gasteiger partial charge in [-0.3, -0.25) is 4.79 Å². The lowest BCUT2D eigenvalue weighted by Crippen LogP contribution is -2.14. The van der Waals surface area contributed by atoms with Crippen LogP contribution in [0.3, 0.4) is 0 Å². The number of aromatic hydroxyl groups is 1. The van der Waals surface area contributed by atoms with E-state index >= 15 is 0 Å². The minimum Gasteiger partial charge on any atom is -0.493 e. The van der Waals surface area contributed by atoms with Crippen LogP contribution in [0.5, 0.6) is 5.88 Å². The average molecular weight is 291 g/mol. The highest BCUT2D eigenvalue weighted by Crippen LogP contribution is 2.57. The Kier molecular flexibility index (Phi) is 2.87. The third-order valence-electron chi connectivity index (χ3n) is 3.91. The highest BCUT2D eigenvalue weighted by molar-refractivity contribution is 6.33. The van der Waals surface area contributed by atoms with Crippen molar-refractivity contribution in [3.63, 3.8) is 0 Å². The van der Waals surface area contributed by atoms with Crippen molar-refractivity contribution in [1.82, 2.24) is 9.97 Å². The summed E-state index contributed by atoms with van der Waals surface area (Å²) in [6, 6.07) is 6.90. The molecule has 1 saturated carbocycles. The van der Waals surface area contributed by atoms with Crippen molar-refractivity contribution < 1.29 is 5.11 Å². The van der Waals surface area contributed by atoms with Gasteiger partial charge in [0.1, 0.15) is 11.4 Å². The summed E-state index contributed by atoms with van der Waals surface area (Å²) >= 11 is 6.07. The van der Waals surface area contributed by atoms with Crippen molar-refractivity contribution in [2.45, 2.75) is 26.2 Å². The summed E-state index contributed by atoms with van der Waals surface area (Å²) in [5.74, 6) is 0.481. The van der Waals surface area contributed by atoms with E-state index in [0.29, 0.717) is 16.4 Å². The summed E-state index contributed by atoms with van der Waals surface area (Å²) in [5, 5.41) is 10.5. The molecule has 0 amide bonds. The maximum Gasteiger partial charge on any atom is 0.262 e. The molecule has 1 aromatic heterocycles. The number of nitrogens with one attached hydrogen (secondary N) is 1. The number of H-pyrrole nitrogens is 1. The predicted octanol–water partition coefficient (Wildman–Crippen LogP) is 3.31. The predicted molar refractivity (Wildman–Crippen MR) is 78.1 cm³/mol. The normalized spacial score (nSPS) is 19.9. The molecule has 4 nitrogen and oxygen atoms in total. The van der Waals surface area contributed by atoms with E-state index in [4.69, 9.17) is 11.6 Å². The Morgan fingerprint density at radius 3 is 2.60 bits per heavy atom. The smallest absolute Gasteiger partial charge is 0.262 e. The van der Waals surface area contributed by atoms with Crippen LogP contribution in [0.15, 0.2) is 29.1 Å². The fourth-order valence-electron chi connectivity index (χ4n) is 2.48. The van der Waals surface area contributed by atoms with Crippen molar-refractivity contribution in [1.29, 1.82) is 0 Å². The van der Waals surface area contributed by atoms with E-state index in [2.05, 4.69) is 23.8 Å². The van der Waals surface area contributed by atoms with Crippen LogP contribution in [0.25, 0.3) is 11.1 Å². The fourth-order valence-corrected chi connectivity index (χ4v) is 2.71. The quantitative estimate of drug-likeness (QED) is 0.892. The second-order valence-corrected chi connectivity index (χ2v) is 6.28. The largest absolute Gasteiger partial charge is 0.493 e. The van der Waals surface area contributed by atoms with E-state index < -0.39 is 0 Å². The van der Waals surface area contributed by atoms with Gasteiger partial charge in [-0.2, -0.15) is 4.98 Å². The van der Waals surface area contributed by atoms with Gasteiger partial charge in [0.2, 0.25) is 5.88 Å². The Bertz CT molecular complexity index is 737. The number of nitrogens with zero attached hydrogens (tertiary/aromatic N) is 1. The number of rotatable bonds is 2. The Morgan fingerprint density at radius 2 is 2.05 bits per heavy atom. The summed E-state index contributed by atoms with van der Waals surface area (Å²) in [6.07, 6.45) is 0.959. The number of hydrogen-bond donors (Lipinski definition) is 2. The van der Waals surface area contributed by atoms with Crippen LogP contribution in [0.2, 0.25) is 5.02 Å². The van der Waals surface area contributed by atoms with Gasteiger partial charge in [-0.1, -0.05) is 43.6 Å². The summed E-state index contributed by atoms with van der Waals surface area (Å²) in [4.78, 5) is 19.2. The number of hydrogen-bond acceptors (Lipinski definition) is 3. The van der Waals surface area contributed by atoms with Crippen LogP contribution >= 0.6 is 11.6 Å². The summed E-state index contributed by atoms with van der Waals surface area (Å²) in [5.41, 5.74) is 0.386. The van der Waals surface area contributed by atoms with Gasteiger partial charge in [0.05, 0.1) is 0 Å². The van der Waals surface area contributed by atoms with Crippen molar-refractivity contribution in [2.75, 3.05) is 0 Å². The van der Waals surface area contributed by atoms with Gasteiger partial charge in [0.15, 0.2) is 0 Å². The molecule has 1 aliphatic carbocycles. The molecule has 20 heavy (non-hydrogen) atoms. The van der Waals surface area contributed by atoms with Crippen molar-refractivity contribution in [2.24, 2.45) is 5.41 Å². The molecule has 3 rings (SSSR count). The molecular formula is C15H15ClN2O2. The Balaban J connectivity index is 2.11. The zero-order valence-electron chi connectivity index (χ0n) is 11.3. The molecule has 0 bridgehead atoms. The van der Waals surface area contributed by atoms with Crippen LogP contribution in [0, 0.1) is 5.41 Å². The maximum absolute atomic E-state index is 12.2. The Labute approximate surface area is 121 Å². The van der Waals surface area contributed by atoms with Gasteiger partial charge in [-0.25, -0.2) is 0 Å². The summed E-state index contributed by atoms with van der Waals surface area (Å²) < 4.78 is 0. The van der Waals surface area contributed by atoms with Crippen LogP contribution in [-0.4, -0.2) is 15.1 Å². The average Bonchev–Trinajstić information content (AvgIpc) is 3.00. The van der Waals surface area contributed by atoms with Crippen molar-refractivity contribution in [3.05, 3.63) is 45.5 Å². The SMILES string of the molecule is CC1(C)CC1c1nc(O)c(-c2ccccc2Cl)c(=O)[nH]1. The molecule has 0 aliphatic heterocycles. The first-order chi connectivity index (χ1) is 9.40. The van der Waals surface area contributed by atoms with Crippen LogP contribution in [-0.2, 0) is 0 Å². The lowest BCUT2D eigenvalue weighted by Gasteiger charge is -2.08. The first kappa shape index (κ1) is 13.2. The number of aromatic nitrogens is 2. The minimum atomic E-state index is -0.358. The van der Waals surface area contributed by atoms with E-state index in [1.807, 2.05) is 0 Å². The van der Waals surface area contributed by atoms with E-state index in [0.717, 1.165) is 6.42 Å². The standard InChI is InChI=1S/C15H15ClN2O2/c1-15(2)7-9(15)12-17-13(19)11(14(20)18-12)8-5-3-4-6-10(8)16/h3-6,9H,7H2,1-2H3,(H2,17,18,19,20). The minimum absolute atomic E-state index is 0.123. The number of aromatic amines is 1. The zero-order valence-corrected chi connectivity index (χ0v) is 12.0. The van der Waals surface area contributed by atoms with Gasteiger partial charge >= 0.3 is 0 Å². The van der Waals surface area contributed by atoms with Crippen LogP contribution < -0.4 is 5.56 Å². The van der Waals surface area contributed by atoms with Gasteiger partial charge in [-0.05, 0) is 17.9 Å². The Morgan fingerprint density at radius 1 is 1.40 bits per heavy atom. The number of halogens is 1. The molecule has 1 fully saturated rings. The van der Waals surface area contributed by atoms with E-state index in [9.17, 15) is 9.90 Å². The highest BCUT2D eigenvalue weighted by Gasteiger charge is 2.48. The lowest BCUT2D eigenvalue weighted by molar-refractivity contribution is 0.448. The van der Waals surface area contributed by atoms with Crippen molar-refractivity contribution >= 4 is 11.6 Å². The molecule has 1 aromatic carbocycles. The van der Waals surface area contributed by atoms with E-state index in [1.165, 1.54) is 0 Å². The third-order valence-corrected chi connectivity index (χ3v) is 4.23. The van der Waals surface area contributed by atoms with Gasteiger partial charge in [0, 0.05) is 16.5 Å². The summed E-state index contributed by atoms with van der Waals surface area (Å²) in [7, 11) is 0. The molecule has 1 unspecified atom stereocenters. The van der Waals surface area contributed by atoms with Crippen molar-refractivity contribution in [3.8, 4) is 17.0 Å². The zero-order chi connectivity index (χ0) is 14.5. The molecule has 0 saturated heterocycles. The molecule has 0 radical (unpaired) electrons. The molecule has 1 atom stereocenters. The van der Waals surface area contributed by atoms with Gasteiger partial charge < -0.3 is 10.1 Å². The highest BCUT2D eigenvalue weighted by atomic mass is 35.5. The molecule has 2 N–H and O–H groups in total. The monoisotopic (exact) mass is 290 g/mol. The van der Waals surface area contributed by atoms with Crippen LogP contribution in [0.1, 0.15) is 32.0 Å². The molecule has 0 spiro atoms. The topological polar surface area (TPSA) is 66.0 Å². The molecule has 1 heterocycles. The van der Waals surface area contributed by atoms with E-state index in [1.54, 1.807) is 24.3 Å².